The molecule has 94 valence electrons. The van der Waals surface area contributed by atoms with E-state index in [1.807, 2.05) is 16.8 Å². The monoisotopic (exact) mass is 242 g/mol. The highest BCUT2D eigenvalue weighted by molar-refractivity contribution is 5.59. The van der Waals surface area contributed by atoms with Crippen molar-refractivity contribution in [2.24, 2.45) is 11.7 Å². The van der Waals surface area contributed by atoms with Gasteiger partial charge in [0.2, 0.25) is 0 Å². The van der Waals surface area contributed by atoms with Gasteiger partial charge in [0.1, 0.15) is 5.82 Å². The van der Waals surface area contributed by atoms with Gasteiger partial charge in [-0.2, -0.15) is 5.10 Å². The van der Waals surface area contributed by atoms with Crippen molar-refractivity contribution in [3.8, 4) is 11.4 Å². The lowest BCUT2D eigenvalue weighted by atomic mass is 9.95. The summed E-state index contributed by atoms with van der Waals surface area (Å²) in [6.45, 7) is 5.18. The molecule has 0 spiro atoms. The summed E-state index contributed by atoms with van der Waals surface area (Å²) in [5.41, 5.74) is 8.49. The lowest BCUT2D eigenvalue weighted by Gasteiger charge is -2.24. The maximum absolute atomic E-state index is 6.20. The van der Waals surface area contributed by atoms with Crippen molar-refractivity contribution in [2.45, 2.75) is 32.9 Å². The zero-order valence-electron chi connectivity index (χ0n) is 10.8. The molecule has 1 aliphatic rings. The Morgan fingerprint density at radius 3 is 2.89 bits per heavy atom. The van der Waals surface area contributed by atoms with Gasteiger partial charge in [-0.05, 0) is 24.8 Å². The quantitative estimate of drug-likeness (QED) is 0.834. The molecule has 0 saturated heterocycles. The molecule has 2 N–H and O–H groups in total. The molecule has 0 saturated carbocycles. The largest absolute Gasteiger partial charge is 0.321 e. The van der Waals surface area contributed by atoms with Crippen LogP contribution in [-0.4, -0.2) is 14.8 Å². The van der Waals surface area contributed by atoms with Crippen LogP contribution in [0.5, 0.6) is 0 Å². The first-order chi connectivity index (χ1) is 8.66. The highest BCUT2D eigenvalue weighted by Crippen LogP contribution is 2.29. The average Bonchev–Trinajstić information content (AvgIpc) is 2.79. The summed E-state index contributed by atoms with van der Waals surface area (Å²) in [6.07, 6.45) is 1.07. The fraction of sp³-hybridized carbons (Fsp3) is 0.429. The number of hydrogen-bond donors (Lipinski definition) is 1. The van der Waals surface area contributed by atoms with E-state index >= 15 is 0 Å². The molecule has 1 aromatic carbocycles. The van der Waals surface area contributed by atoms with Gasteiger partial charge in [-0.25, -0.2) is 9.67 Å². The maximum Gasteiger partial charge on any atom is 0.181 e. The van der Waals surface area contributed by atoms with E-state index in [1.54, 1.807) is 0 Å². The molecule has 0 aliphatic carbocycles. The van der Waals surface area contributed by atoms with Crippen LogP contribution >= 0.6 is 0 Å². The highest BCUT2D eigenvalue weighted by Gasteiger charge is 2.27. The van der Waals surface area contributed by atoms with Gasteiger partial charge in [0, 0.05) is 12.1 Å². The van der Waals surface area contributed by atoms with Gasteiger partial charge in [0.15, 0.2) is 5.82 Å². The summed E-state index contributed by atoms with van der Waals surface area (Å²) >= 11 is 0. The van der Waals surface area contributed by atoms with Crippen LogP contribution in [0.25, 0.3) is 11.4 Å². The molecule has 1 aliphatic heterocycles. The van der Waals surface area contributed by atoms with Gasteiger partial charge in [-0.3, -0.25) is 0 Å². The fourth-order valence-electron chi connectivity index (χ4n) is 2.46. The molecule has 2 heterocycles. The van der Waals surface area contributed by atoms with Crippen LogP contribution < -0.4 is 5.73 Å². The number of fused-ring (bicyclic) bond motifs is 1. The van der Waals surface area contributed by atoms with Crippen LogP contribution in [0.3, 0.4) is 0 Å². The average molecular weight is 242 g/mol. The second-order valence-corrected chi connectivity index (χ2v) is 5.12. The third-order valence-electron chi connectivity index (χ3n) is 3.79. The van der Waals surface area contributed by atoms with Crippen molar-refractivity contribution < 1.29 is 0 Å². The number of benzene rings is 1. The standard InChI is InChI=1S/C14H18N4/c1-9-5-3-4-6-11(9)13-16-14-12(15)10(2)7-8-18(14)17-13/h3-6,10,12H,7-8,15H2,1-2H3. The van der Waals surface area contributed by atoms with E-state index in [1.165, 1.54) is 5.56 Å². The van der Waals surface area contributed by atoms with Crippen LogP contribution in [0, 0.1) is 12.8 Å². The Labute approximate surface area is 107 Å². The molecule has 2 atom stereocenters. The van der Waals surface area contributed by atoms with E-state index in [0.717, 1.165) is 30.2 Å². The van der Waals surface area contributed by atoms with Crippen molar-refractivity contribution >= 4 is 0 Å². The first-order valence-corrected chi connectivity index (χ1v) is 6.43. The Balaban J connectivity index is 2.07. The number of nitrogens with two attached hydrogens (primary N) is 1. The van der Waals surface area contributed by atoms with E-state index in [2.05, 4.69) is 36.1 Å². The van der Waals surface area contributed by atoms with Crippen LogP contribution in [0.15, 0.2) is 24.3 Å². The van der Waals surface area contributed by atoms with Gasteiger partial charge in [-0.1, -0.05) is 31.2 Å². The topological polar surface area (TPSA) is 56.7 Å². The smallest absolute Gasteiger partial charge is 0.181 e. The summed E-state index contributed by atoms with van der Waals surface area (Å²) in [7, 11) is 0. The second kappa shape index (κ2) is 4.21. The molecule has 2 aromatic rings. The minimum Gasteiger partial charge on any atom is -0.321 e. The first kappa shape index (κ1) is 11.4. The van der Waals surface area contributed by atoms with Gasteiger partial charge >= 0.3 is 0 Å². The fourth-order valence-corrected chi connectivity index (χ4v) is 2.46. The predicted molar refractivity (Wildman–Crippen MR) is 70.9 cm³/mol. The summed E-state index contributed by atoms with van der Waals surface area (Å²) in [6, 6.07) is 8.20. The van der Waals surface area contributed by atoms with Crippen molar-refractivity contribution in [3.63, 3.8) is 0 Å². The second-order valence-electron chi connectivity index (χ2n) is 5.12. The Morgan fingerprint density at radius 2 is 2.11 bits per heavy atom. The SMILES string of the molecule is Cc1ccccc1-c1nc2n(n1)CCC(C)C2N. The molecule has 1 aromatic heterocycles. The Hall–Kier alpha value is -1.68. The molecular weight excluding hydrogens is 224 g/mol. The molecule has 4 nitrogen and oxygen atoms in total. The van der Waals surface area contributed by atoms with Crippen molar-refractivity contribution in [3.05, 3.63) is 35.7 Å². The Bertz CT molecular complexity index is 573. The lowest BCUT2D eigenvalue weighted by Crippen LogP contribution is -2.29. The van der Waals surface area contributed by atoms with Crippen LogP contribution in [0.4, 0.5) is 0 Å². The molecule has 0 fully saturated rings. The summed E-state index contributed by atoms with van der Waals surface area (Å²) < 4.78 is 1.96. The Morgan fingerprint density at radius 1 is 1.33 bits per heavy atom. The minimum absolute atomic E-state index is 0.00372. The molecule has 2 unspecified atom stereocenters. The first-order valence-electron chi connectivity index (χ1n) is 6.43. The number of rotatable bonds is 1. The molecule has 3 rings (SSSR count). The maximum atomic E-state index is 6.20. The number of aryl methyl sites for hydroxylation is 2. The van der Waals surface area contributed by atoms with Crippen LogP contribution in [0.2, 0.25) is 0 Å². The normalized spacial score (nSPS) is 22.8. The van der Waals surface area contributed by atoms with Crippen LogP contribution in [-0.2, 0) is 6.54 Å². The van der Waals surface area contributed by atoms with E-state index in [9.17, 15) is 0 Å². The van der Waals surface area contributed by atoms with Gasteiger partial charge < -0.3 is 5.73 Å². The van der Waals surface area contributed by atoms with Crippen molar-refractivity contribution in [1.82, 2.24) is 14.8 Å². The van der Waals surface area contributed by atoms with Crippen molar-refractivity contribution in [1.29, 1.82) is 0 Å². The van der Waals surface area contributed by atoms with Crippen molar-refractivity contribution in [2.75, 3.05) is 0 Å². The van der Waals surface area contributed by atoms with E-state index in [4.69, 9.17) is 5.73 Å². The minimum atomic E-state index is 0.00372. The van der Waals surface area contributed by atoms with Crippen LogP contribution in [0.1, 0.15) is 30.8 Å². The highest BCUT2D eigenvalue weighted by atomic mass is 15.4. The Kier molecular flexibility index (Phi) is 2.67. The van der Waals surface area contributed by atoms with E-state index in [-0.39, 0.29) is 6.04 Å². The zero-order chi connectivity index (χ0) is 12.7. The van der Waals surface area contributed by atoms with E-state index in [0.29, 0.717) is 5.92 Å². The molecule has 18 heavy (non-hydrogen) atoms. The molecule has 0 bridgehead atoms. The summed E-state index contributed by atoms with van der Waals surface area (Å²) in [5.74, 6) is 2.20. The molecule has 0 radical (unpaired) electrons. The molecular formula is C14H18N4. The third-order valence-corrected chi connectivity index (χ3v) is 3.79. The summed E-state index contributed by atoms with van der Waals surface area (Å²) in [4.78, 5) is 4.64. The zero-order valence-corrected chi connectivity index (χ0v) is 10.8. The number of nitrogens with zero attached hydrogens (tertiary/aromatic N) is 3. The third kappa shape index (κ3) is 1.73. The lowest BCUT2D eigenvalue weighted by molar-refractivity contribution is 0.323. The molecule has 4 heteroatoms. The summed E-state index contributed by atoms with van der Waals surface area (Å²) in [5, 5.41) is 4.59. The number of hydrogen-bond acceptors (Lipinski definition) is 3. The van der Waals surface area contributed by atoms with Gasteiger partial charge in [-0.15, -0.1) is 0 Å². The van der Waals surface area contributed by atoms with E-state index < -0.39 is 0 Å². The molecule has 0 amide bonds. The number of aromatic nitrogens is 3. The predicted octanol–water partition coefficient (Wildman–Crippen LogP) is 2.29. The van der Waals surface area contributed by atoms with Gasteiger partial charge in [0.05, 0.1) is 6.04 Å². The van der Waals surface area contributed by atoms with Gasteiger partial charge in [0.25, 0.3) is 0 Å².